The van der Waals surface area contributed by atoms with Gasteiger partial charge in [0, 0.05) is 36.6 Å². The van der Waals surface area contributed by atoms with E-state index in [1.165, 1.54) is 0 Å². The maximum Gasteiger partial charge on any atom is 0.258 e. The molecule has 1 amide bonds. The van der Waals surface area contributed by atoms with E-state index >= 15 is 0 Å². The van der Waals surface area contributed by atoms with Crippen molar-refractivity contribution in [3.05, 3.63) is 94.5 Å². The highest BCUT2D eigenvalue weighted by Crippen LogP contribution is 2.20. The SMILES string of the molecule is Cc1cc(C(=O)N(C)c2ccccc2)c(C)cc1C#CCN(C)c1ccc(C#N)cc1. The average molecular weight is 408 g/mol. The van der Waals surface area contributed by atoms with E-state index in [0.717, 1.165) is 28.1 Å². The van der Waals surface area contributed by atoms with Crippen LogP contribution < -0.4 is 9.80 Å². The summed E-state index contributed by atoms with van der Waals surface area (Å²) in [7, 11) is 3.76. The quantitative estimate of drug-likeness (QED) is 0.576. The Balaban J connectivity index is 1.75. The first-order valence-corrected chi connectivity index (χ1v) is 10.0. The number of nitriles is 1. The maximum absolute atomic E-state index is 13.0. The molecule has 0 fully saturated rings. The van der Waals surface area contributed by atoms with Gasteiger partial charge in [-0.1, -0.05) is 30.0 Å². The molecule has 0 spiro atoms. The number of anilines is 2. The number of hydrogen-bond acceptors (Lipinski definition) is 3. The highest BCUT2D eigenvalue weighted by molar-refractivity contribution is 6.06. The highest BCUT2D eigenvalue weighted by Gasteiger charge is 2.16. The summed E-state index contributed by atoms with van der Waals surface area (Å²) in [6.07, 6.45) is 0. The van der Waals surface area contributed by atoms with Gasteiger partial charge in [-0.25, -0.2) is 0 Å². The third-order valence-electron chi connectivity index (χ3n) is 5.23. The van der Waals surface area contributed by atoms with Gasteiger partial charge in [0.2, 0.25) is 0 Å². The molecule has 3 aromatic carbocycles. The van der Waals surface area contributed by atoms with Crippen LogP contribution in [0, 0.1) is 37.0 Å². The van der Waals surface area contributed by atoms with Gasteiger partial charge in [0.15, 0.2) is 0 Å². The first-order chi connectivity index (χ1) is 14.9. The van der Waals surface area contributed by atoms with Gasteiger partial charge >= 0.3 is 0 Å². The monoisotopic (exact) mass is 407 g/mol. The zero-order chi connectivity index (χ0) is 22.4. The lowest BCUT2D eigenvalue weighted by Crippen LogP contribution is -2.27. The van der Waals surface area contributed by atoms with E-state index in [1.54, 1.807) is 24.1 Å². The molecule has 0 radical (unpaired) electrons. The second kappa shape index (κ2) is 9.65. The summed E-state index contributed by atoms with van der Waals surface area (Å²) in [5, 5.41) is 8.92. The number of carbonyl (C=O) groups is 1. The highest BCUT2D eigenvalue weighted by atomic mass is 16.2. The van der Waals surface area contributed by atoms with Crippen LogP contribution in [0.3, 0.4) is 0 Å². The van der Waals surface area contributed by atoms with Crippen LogP contribution in [-0.2, 0) is 0 Å². The minimum Gasteiger partial charge on any atom is -0.363 e. The van der Waals surface area contributed by atoms with Crippen molar-refractivity contribution in [1.29, 1.82) is 5.26 Å². The Labute approximate surface area is 184 Å². The summed E-state index contributed by atoms with van der Waals surface area (Å²) in [4.78, 5) is 16.7. The minimum atomic E-state index is -0.0353. The lowest BCUT2D eigenvalue weighted by Gasteiger charge is -2.19. The normalized spacial score (nSPS) is 9.90. The van der Waals surface area contributed by atoms with E-state index < -0.39 is 0 Å². The van der Waals surface area contributed by atoms with Crippen LogP contribution in [0.15, 0.2) is 66.7 Å². The van der Waals surface area contributed by atoms with Crippen LogP contribution in [-0.4, -0.2) is 26.5 Å². The number of rotatable bonds is 4. The summed E-state index contributed by atoms with van der Waals surface area (Å²) in [6.45, 7) is 4.48. The number of benzene rings is 3. The largest absolute Gasteiger partial charge is 0.363 e. The summed E-state index contributed by atoms with van der Waals surface area (Å²) < 4.78 is 0. The Bertz CT molecular complexity index is 1180. The fourth-order valence-corrected chi connectivity index (χ4v) is 3.27. The summed E-state index contributed by atoms with van der Waals surface area (Å²) in [6, 6.07) is 23.1. The Morgan fingerprint density at radius 3 is 2.23 bits per heavy atom. The van der Waals surface area contributed by atoms with Gasteiger partial charge in [-0.15, -0.1) is 0 Å². The van der Waals surface area contributed by atoms with E-state index in [-0.39, 0.29) is 5.91 Å². The fraction of sp³-hybridized carbons (Fsp3) is 0.185. The standard InChI is InChI=1S/C27H25N3O/c1-20-18-26(27(31)30(4)25-10-6-5-7-11-25)21(2)17-23(20)9-8-16-29(3)24-14-12-22(19-28)13-15-24/h5-7,10-15,17-18H,16H2,1-4H3. The molecular weight excluding hydrogens is 382 g/mol. The van der Waals surface area contributed by atoms with Crippen molar-refractivity contribution >= 4 is 17.3 Å². The molecule has 4 heteroatoms. The Morgan fingerprint density at radius 2 is 1.58 bits per heavy atom. The molecule has 0 atom stereocenters. The fourth-order valence-electron chi connectivity index (χ4n) is 3.27. The molecule has 0 saturated carbocycles. The molecule has 3 rings (SSSR count). The van der Waals surface area contributed by atoms with Crippen LogP contribution in [0.1, 0.15) is 32.6 Å². The van der Waals surface area contributed by atoms with Gasteiger partial charge < -0.3 is 9.80 Å². The molecule has 0 aliphatic heterocycles. The Hall–Kier alpha value is -4.02. The van der Waals surface area contributed by atoms with E-state index in [4.69, 9.17) is 5.26 Å². The summed E-state index contributed by atoms with van der Waals surface area (Å²) in [5.74, 6) is 6.41. The van der Waals surface area contributed by atoms with Gasteiger partial charge in [-0.05, 0) is 73.5 Å². The average Bonchev–Trinajstić information content (AvgIpc) is 2.80. The van der Waals surface area contributed by atoms with Crippen molar-refractivity contribution in [2.24, 2.45) is 0 Å². The van der Waals surface area contributed by atoms with Crippen molar-refractivity contribution in [3.8, 4) is 17.9 Å². The van der Waals surface area contributed by atoms with Crippen LogP contribution in [0.25, 0.3) is 0 Å². The molecule has 0 N–H and O–H groups in total. The molecule has 0 aromatic heterocycles. The summed E-state index contributed by atoms with van der Waals surface area (Å²) in [5.41, 5.74) is 5.99. The Morgan fingerprint density at radius 1 is 0.903 bits per heavy atom. The third-order valence-corrected chi connectivity index (χ3v) is 5.23. The summed E-state index contributed by atoms with van der Waals surface area (Å²) >= 11 is 0. The molecule has 0 aliphatic carbocycles. The van der Waals surface area contributed by atoms with Crippen molar-refractivity contribution in [3.63, 3.8) is 0 Å². The molecule has 0 saturated heterocycles. The third kappa shape index (κ3) is 5.13. The van der Waals surface area contributed by atoms with Crippen molar-refractivity contribution < 1.29 is 4.79 Å². The topological polar surface area (TPSA) is 47.3 Å². The van der Waals surface area contributed by atoms with Crippen LogP contribution >= 0.6 is 0 Å². The zero-order valence-electron chi connectivity index (χ0n) is 18.3. The minimum absolute atomic E-state index is 0.0353. The van der Waals surface area contributed by atoms with Gasteiger partial charge in [0.1, 0.15) is 0 Å². The van der Waals surface area contributed by atoms with Crippen molar-refractivity contribution in [2.75, 3.05) is 30.4 Å². The van der Waals surface area contributed by atoms with Crippen molar-refractivity contribution in [2.45, 2.75) is 13.8 Å². The maximum atomic E-state index is 13.0. The molecule has 31 heavy (non-hydrogen) atoms. The van der Waals surface area contributed by atoms with E-state index in [9.17, 15) is 4.79 Å². The molecule has 0 heterocycles. The number of nitrogens with zero attached hydrogens (tertiary/aromatic N) is 3. The van der Waals surface area contributed by atoms with E-state index in [0.29, 0.717) is 17.7 Å². The number of para-hydroxylation sites is 1. The molecular formula is C27H25N3O. The predicted molar refractivity (Wildman–Crippen MR) is 126 cm³/mol. The van der Waals surface area contributed by atoms with Crippen molar-refractivity contribution in [1.82, 2.24) is 0 Å². The van der Waals surface area contributed by atoms with Crippen LogP contribution in [0.2, 0.25) is 0 Å². The number of carbonyl (C=O) groups excluding carboxylic acids is 1. The second-order valence-corrected chi connectivity index (χ2v) is 7.50. The molecule has 0 unspecified atom stereocenters. The van der Waals surface area contributed by atoms with Gasteiger partial charge in [-0.3, -0.25) is 4.79 Å². The molecule has 0 bridgehead atoms. The smallest absolute Gasteiger partial charge is 0.258 e. The van der Waals surface area contributed by atoms with E-state index in [2.05, 4.69) is 17.9 Å². The van der Waals surface area contributed by atoms with E-state index in [1.807, 2.05) is 80.4 Å². The van der Waals surface area contributed by atoms with Crippen LogP contribution in [0.4, 0.5) is 11.4 Å². The lowest BCUT2D eigenvalue weighted by atomic mass is 9.99. The van der Waals surface area contributed by atoms with Crippen LogP contribution in [0.5, 0.6) is 0 Å². The van der Waals surface area contributed by atoms with Gasteiger partial charge in [-0.2, -0.15) is 5.26 Å². The molecule has 0 aliphatic rings. The number of amides is 1. The lowest BCUT2D eigenvalue weighted by molar-refractivity contribution is 0.0992. The predicted octanol–water partition coefficient (Wildman–Crippen LogP) is 4.94. The molecule has 4 nitrogen and oxygen atoms in total. The Kier molecular flexibility index (Phi) is 6.75. The zero-order valence-corrected chi connectivity index (χ0v) is 18.3. The molecule has 154 valence electrons. The van der Waals surface area contributed by atoms with Gasteiger partial charge in [0.25, 0.3) is 5.91 Å². The molecule has 3 aromatic rings. The number of hydrogen-bond donors (Lipinski definition) is 0. The first kappa shape index (κ1) is 21.7. The van der Waals surface area contributed by atoms with Gasteiger partial charge in [0.05, 0.1) is 18.2 Å². The first-order valence-electron chi connectivity index (χ1n) is 10.0. The number of aryl methyl sites for hydroxylation is 2. The second-order valence-electron chi connectivity index (χ2n) is 7.50.